The highest BCUT2D eigenvalue weighted by molar-refractivity contribution is 6.29. The lowest BCUT2D eigenvalue weighted by atomic mass is 10.0. The van der Waals surface area contributed by atoms with Gasteiger partial charge in [-0.05, 0) is 47.3 Å². The highest BCUT2D eigenvalue weighted by Gasteiger charge is 2.14. The fourth-order valence-electron chi connectivity index (χ4n) is 3.93. The molecule has 6 aromatic rings. The van der Waals surface area contributed by atoms with Gasteiger partial charge in [0.2, 0.25) is 5.28 Å². The lowest BCUT2D eigenvalue weighted by Crippen LogP contribution is -1.92. The normalized spacial score (nSPS) is 11.3. The van der Waals surface area contributed by atoms with Crippen LogP contribution < -0.4 is 0 Å². The van der Waals surface area contributed by atoms with Gasteiger partial charge in [-0.3, -0.25) is 0 Å². The Hall–Kier alpha value is -3.43. The standard InChI is InChI=1S/C24H13ClN2O.CH4/c25-24-26-22(18-11-9-14-5-1-2-6-16(14)23(18)27-24)15-10-12-21-19(13-15)17-7-3-4-8-20(17)28-21;/h1-13H;1H4. The van der Waals surface area contributed by atoms with Gasteiger partial charge in [0.05, 0.1) is 11.2 Å². The lowest BCUT2D eigenvalue weighted by molar-refractivity contribution is 0.669. The predicted octanol–water partition coefficient (Wildman–Crippen LogP) is 7.64. The molecule has 0 saturated heterocycles. The third-order valence-corrected chi connectivity index (χ3v) is 5.38. The summed E-state index contributed by atoms with van der Waals surface area (Å²) in [4.78, 5) is 9.10. The minimum atomic E-state index is 0. The Bertz CT molecular complexity index is 1530. The molecule has 4 heteroatoms. The van der Waals surface area contributed by atoms with Gasteiger partial charge in [0.1, 0.15) is 11.2 Å². The molecule has 0 aliphatic rings. The summed E-state index contributed by atoms with van der Waals surface area (Å²) >= 11 is 6.33. The number of fused-ring (bicyclic) bond motifs is 6. The number of hydrogen-bond acceptors (Lipinski definition) is 3. The molecular weight excluding hydrogens is 380 g/mol. The molecule has 4 aromatic carbocycles. The minimum absolute atomic E-state index is 0. The molecule has 0 spiro atoms. The Morgan fingerprint density at radius 3 is 2.31 bits per heavy atom. The van der Waals surface area contributed by atoms with Crippen molar-refractivity contribution >= 4 is 55.2 Å². The van der Waals surface area contributed by atoms with Crippen molar-refractivity contribution in [1.82, 2.24) is 9.97 Å². The fourth-order valence-corrected chi connectivity index (χ4v) is 4.10. The largest absolute Gasteiger partial charge is 0.456 e. The molecule has 0 bridgehead atoms. The minimum Gasteiger partial charge on any atom is -0.456 e. The molecule has 0 aliphatic carbocycles. The van der Waals surface area contributed by atoms with E-state index in [1.807, 2.05) is 42.5 Å². The van der Waals surface area contributed by atoms with Crippen LogP contribution in [0.15, 0.2) is 83.3 Å². The molecule has 3 nitrogen and oxygen atoms in total. The third-order valence-electron chi connectivity index (χ3n) is 5.21. The monoisotopic (exact) mass is 396 g/mol. The average Bonchev–Trinajstić information content (AvgIpc) is 3.11. The number of para-hydroxylation sites is 1. The first kappa shape index (κ1) is 17.7. The molecule has 0 aliphatic heterocycles. The summed E-state index contributed by atoms with van der Waals surface area (Å²) in [7, 11) is 0. The number of hydrogen-bond donors (Lipinski definition) is 0. The van der Waals surface area contributed by atoms with Crippen molar-refractivity contribution in [2.45, 2.75) is 7.43 Å². The van der Waals surface area contributed by atoms with E-state index in [4.69, 9.17) is 16.0 Å². The van der Waals surface area contributed by atoms with Crippen molar-refractivity contribution in [2.75, 3.05) is 0 Å². The van der Waals surface area contributed by atoms with Gasteiger partial charge in [-0.2, -0.15) is 0 Å². The lowest BCUT2D eigenvalue weighted by Gasteiger charge is -2.09. The van der Waals surface area contributed by atoms with Crippen LogP contribution in [-0.4, -0.2) is 9.97 Å². The van der Waals surface area contributed by atoms with E-state index in [0.717, 1.165) is 54.9 Å². The molecule has 0 atom stereocenters. The van der Waals surface area contributed by atoms with E-state index in [1.165, 1.54) is 0 Å². The zero-order valence-electron chi connectivity index (χ0n) is 14.7. The highest BCUT2D eigenvalue weighted by Crippen LogP contribution is 2.35. The van der Waals surface area contributed by atoms with E-state index in [-0.39, 0.29) is 12.7 Å². The van der Waals surface area contributed by atoms with Gasteiger partial charge in [0.25, 0.3) is 0 Å². The second-order valence-corrected chi connectivity index (χ2v) is 7.17. The third kappa shape index (κ3) is 2.66. The quantitative estimate of drug-likeness (QED) is 0.212. The molecule has 0 N–H and O–H groups in total. The van der Waals surface area contributed by atoms with Gasteiger partial charge in [0.15, 0.2) is 0 Å². The van der Waals surface area contributed by atoms with Gasteiger partial charge < -0.3 is 4.42 Å². The molecule has 29 heavy (non-hydrogen) atoms. The van der Waals surface area contributed by atoms with Crippen molar-refractivity contribution in [2.24, 2.45) is 0 Å². The first-order valence-corrected chi connectivity index (χ1v) is 9.42. The summed E-state index contributed by atoms with van der Waals surface area (Å²) in [6.07, 6.45) is 0. The van der Waals surface area contributed by atoms with Crippen LogP contribution >= 0.6 is 11.6 Å². The molecule has 2 aromatic heterocycles. The van der Waals surface area contributed by atoms with Gasteiger partial charge >= 0.3 is 0 Å². The van der Waals surface area contributed by atoms with Crippen LogP contribution in [0, 0.1) is 0 Å². The van der Waals surface area contributed by atoms with E-state index in [2.05, 4.69) is 46.4 Å². The van der Waals surface area contributed by atoms with Gasteiger partial charge in [-0.1, -0.05) is 56.0 Å². The van der Waals surface area contributed by atoms with Crippen LogP contribution in [0.2, 0.25) is 5.28 Å². The topological polar surface area (TPSA) is 38.9 Å². The second kappa shape index (κ2) is 6.57. The van der Waals surface area contributed by atoms with Gasteiger partial charge in [-0.25, -0.2) is 9.97 Å². The summed E-state index contributed by atoms with van der Waals surface area (Å²) in [6.45, 7) is 0. The molecule has 0 fully saturated rings. The molecule has 0 saturated carbocycles. The summed E-state index contributed by atoms with van der Waals surface area (Å²) in [6, 6.07) is 26.6. The Labute approximate surface area is 172 Å². The van der Waals surface area contributed by atoms with E-state index in [9.17, 15) is 0 Å². The SMILES string of the molecule is C.Clc1nc(-c2ccc3oc4ccccc4c3c2)c2ccc3ccccc3c2n1. The predicted molar refractivity (Wildman–Crippen MR) is 121 cm³/mol. The zero-order chi connectivity index (χ0) is 18.7. The second-order valence-electron chi connectivity index (χ2n) is 6.83. The first-order chi connectivity index (χ1) is 13.8. The highest BCUT2D eigenvalue weighted by atomic mass is 35.5. The Morgan fingerprint density at radius 1 is 0.655 bits per heavy atom. The summed E-state index contributed by atoms with van der Waals surface area (Å²) < 4.78 is 5.95. The van der Waals surface area contributed by atoms with Crippen LogP contribution in [-0.2, 0) is 0 Å². The van der Waals surface area contributed by atoms with E-state index >= 15 is 0 Å². The number of benzene rings is 4. The molecule has 140 valence electrons. The maximum Gasteiger partial charge on any atom is 0.223 e. The molecule has 0 unspecified atom stereocenters. The van der Waals surface area contributed by atoms with E-state index < -0.39 is 0 Å². The number of nitrogens with zero attached hydrogens (tertiary/aromatic N) is 2. The summed E-state index contributed by atoms with van der Waals surface area (Å²) in [5.41, 5.74) is 4.42. The maximum atomic E-state index is 6.33. The maximum absolute atomic E-state index is 6.33. The molecule has 0 radical (unpaired) electrons. The number of rotatable bonds is 1. The van der Waals surface area contributed by atoms with Gasteiger partial charge in [-0.15, -0.1) is 0 Å². The van der Waals surface area contributed by atoms with Crippen molar-refractivity contribution < 1.29 is 4.42 Å². The molecule has 2 heterocycles. The number of aromatic nitrogens is 2. The Kier molecular flexibility index (Phi) is 4.00. The molecular formula is C25H17ClN2O. The van der Waals surface area contributed by atoms with Crippen LogP contribution in [0.5, 0.6) is 0 Å². The van der Waals surface area contributed by atoms with Crippen molar-refractivity contribution in [1.29, 1.82) is 0 Å². The fraction of sp³-hybridized carbons (Fsp3) is 0.0400. The average molecular weight is 397 g/mol. The summed E-state index contributed by atoms with van der Waals surface area (Å²) in [5.74, 6) is 0. The van der Waals surface area contributed by atoms with Crippen molar-refractivity contribution in [3.63, 3.8) is 0 Å². The number of halogens is 1. The molecule has 6 rings (SSSR count). The molecule has 0 amide bonds. The number of furan rings is 1. The van der Waals surface area contributed by atoms with Crippen molar-refractivity contribution in [3.8, 4) is 11.3 Å². The first-order valence-electron chi connectivity index (χ1n) is 9.05. The Balaban J connectivity index is 0.00000181. The van der Waals surface area contributed by atoms with Gasteiger partial charge in [0, 0.05) is 27.1 Å². The van der Waals surface area contributed by atoms with Crippen LogP contribution in [0.3, 0.4) is 0 Å². The Morgan fingerprint density at radius 2 is 1.41 bits per heavy atom. The zero-order valence-corrected chi connectivity index (χ0v) is 15.4. The van der Waals surface area contributed by atoms with Crippen molar-refractivity contribution in [3.05, 3.63) is 84.1 Å². The van der Waals surface area contributed by atoms with E-state index in [0.29, 0.717) is 0 Å². The van der Waals surface area contributed by atoms with Crippen LogP contribution in [0.4, 0.5) is 0 Å². The van der Waals surface area contributed by atoms with E-state index in [1.54, 1.807) is 0 Å². The van der Waals surface area contributed by atoms with Crippen LogP contribution in [0.1, 0.15) is 7.43 Å². The summed E-state index contributed by atoms with van der Waals surface area (Å²) in [5, 5.41) is 5.59. The van der Waals surface area contributed by atoms with Crippen LogP contribution in [0.25, 0.3) is 54.9 Å². The smallest absolute Gasteiger partial charge is 0.223 e.